The Morgan fingerprint density at radius 3 is 2.42 bits per heavy atom. The highest BCUT2D eigenvalue weighted by Gasteiger charge is 2.45. The van der Waals surface area contributed by atoms with Crippen LogP contribution in [0.15, 0.2) is 60.0 Å². The van der Waals surface area contributed by atoms with Gasteiger partial charge in [0.15, 0.2) is 11.5 Å². The zero-order chi connectivity index (χ0) is 24.2. The first kappa shape index (κ1) is 25.1. The summed E-state index contributed by atoms with van der Waals surface area (Å²) in [7, 11) is -0.899. The number of sulfonamides is 1. The van der Waals surface area contributed by atoms with Crippen LogP contribution >= 0.6 is 11.8 Å². The van der Waals surface area contributed by atoms with Crippen molar-refractivity contribution in [2.24, 2.45) is 5.92 Å². The van der Waals surface area contributed by atoms with Gasteiger partial charge in [0.1, 0.15) is 0 Å². The molecule has 1 fully saturated rings. The minimum absolute atomic E-state index is 0.126. The summed E-state index contributed by atoms with van der Waals surface area (Å²) < 4.78 is 39.5. The summed E-state index contributed by atoms with van der Waals surface area (Å²) in [6.07, 6.45) is 2.07. The van der Waals surface area contributed by atoms with Gasteiger partial charge < -0.3 is 14.6 Å². The van der Waals surface area contributed by atoms with Gasteiger partial charge >= 0.3 is 5.97 Å². The summed E-state index contributed by atoms with van der Waals surface area (Å²) in [4.78, 5) is 12.3. The molecular weight excluding hydrogens is 462 g/mol. The van der Waals surface area contributed by atoms with E-state index in [1.54, 1.807) is 48.5 Å². The van der Waals surface area contributed by atoms with Crippen molar-refractivity contribution in [1.82, 2.24) is 4.31 Å². The average molecular weight is 492 g/mol. The van der Waals surface area contributed by atoms with Gasteiger partial charge in [-0.2, -0.15) is 16.1 Å². The molecule has 0 aromatic heterocycles. The molecule has 0 unspecified atom stereocenters. The van der Waals surface area contributed by atoms with Crippen molar-refractivity contribution < 1.29 is 27.8 Å². The van der Waals surface area contributed by atoms with Crippen molar-refractivity contribution in [3.05, 3.63) is 66.2 Å². The summed E-state index contributed by atoms with van der Waals surface area (Å²) >= 11 is 1.48. The van der Waals surface area contributed by atoms with Crippen molar-refractivity contribution in [2.75, 3.05) is 26.5 Å². The molecule has 1 aliphatic rings. The molecule has 0 aliphatic carbocycles. The maximum absolute atomic E-state index is 13.7. The van der Waals surface area contributed by atoms with E-state index >= 15 is 0 Å². The van der Waals surface area contributed by atoms with Crippen LogP contribution in [0.4, 0.5) is 0 Å². The highest BCUT2D eigenvalue weighted by molar-refractivity contribution is 8.00. The largest absolute Gasteiger partial charge is 0.493 e. The average Bonchev–Trinajstić information content (AvgIpc) is 2.81. The lowest BCUT2D eigenvalue weighted by atomic mass is 9.90. The molecule has 3 atom stereocenters. The van der Waals surface area contributed by atoms with Crippen molar-refractivity contribution in [3.8, 4) is 11.5 Å². The molecule has 0 radical (unpaired) electrons. The number of thioether (sulfide) groups is 1. The summed E-state index contributed by atoms with van der Waals surface area (Å²) in [5, 5.41) is 9.63. The summed E-state index contributed by atoms with van der Waals surface area (Å²) in [6, 6.07) is 11.3. The number of piperidine rings is 1. The first-order chi connectivity index (χ1) is 15.7. The van der Waals surface area contributed by atoms with Crippen LogP contribution in [0.1, 0.15) is 23.6 Å². The Kier molecular flexibility index (Phi) is 8.10. The fraction of sp³-hybridized carbons (Fsp3) is 0.375. The van der Waals surface area contributed by atoms with Gasteiger partial charge in [0.05, 0.1) is 31.1 Å². The molecule has 1 aliphatic heterocycles. The molecule has 0 spiro atoms. The van der Waals surface area contributed by atoms with E-state index in [1.807, 2.05) is 6.92 Å². The van der Waals surface area contributed by atoms with Crippen molar-refractivity contribution in [1.29, 1.82) is 0 Å². The lowest BCUT2D eigenvalue weighted by Gasteiger charge is -2.41. The molecule has 2 aromatic carbocycles. The molecule has 9 heteroatoms. The molecule has 1 heterocycles. The lowest BCUT2D eigenvalue weighted by Crippen LogP contribution is -2.49. The first-order valence-electron chi connectivity index (χ1n) is 10.5. The second kappa shape index (κ2) is 10.6. The van der Waals surface area contributed by atoms with E-state index in [9.17, 15) is 18.3 Å². The SMILES string of the molecule is C=CCS[C@@H]1C[C@@H](c2ccc(OC)c(OC)c2)N(S(=O)(=O)c2ccc(C)cc2)C[C@H]1C(=O)O. The molecule has 2 aromatic rings. The van der Waals surface area contributed by atoms with Crippen LogP contribution < -0.4 is 9.47 Å². The van der Waals surface area contributed by atoms with Crippen molar-refractivity contribution in [2.45, 2.75) is 29.5 Å². The molecule has 0 bridgehead atoms. The van der Waals surface area contributed by atoms with E-state index < -0.39 is 28.0 Å². The second-order valence-electron chi connectivity index (χ2n) is 7.86. The Balaban J connectivity index is 2.11. The molecule has 0 amide bonds. The van der Waals surface area contributed by atoms with E-state index in [-0.39, 0.29) is 16.7 Å². The second-order valence-corrected chi connectivity index (χ2v) is 11.0. The normalized spacial score (nSPS) is 21.4. The van der Waals surface area contributed by atoms with Crippen LogP contribution in [0, 0.1) is 12.8 Å². The van der Waals surface area contributed by atoms with Gasteiger partial charge in [-0.05, 0) is 43.2 Å². The molecule has 7 nitrogen and oxygen atoms in total. The predicted octanol–water partition coefficient (Wildman–Crippen LogP) is 4.14. The van der Waals surface area contributed by atoms with Crippen LogP contribution in [0.25, 0.3) is 0 Å². The van der Waals surface area contributed by atoms with Gasteiger partial charge in [-0.15, -0.1) is 6.58 Å². The Morgan fingerprint density at radius 1 is 1.18 bits per heavy atom. The van der Waals surface area contributed by atoms with Crippen molar-refractivity contribution in [3.63, 3.8) is 0 Å². The highest BCUT2D eigenvalue weighted by atomic mass is 32.2. The number of aliphatic carboxylic acids is 1. The van der Waals surface area contributed by atoms with E-state index in [1.165, 1.54) is 30.3 Å². The monoisotopic (exact) mass is 491 g/mol. The number of rotatable bonds is 9. The minimum Gasteiger partial charge on any atom is -0.493 e. The van der Waals surface area contributed by atoms with Crippen LogP contribution in [0.2, 0.25) is 0 Å². The zero-order valence-corrected chi connectivity index (χ0v) is 20.6. The Bertz CT molecular complexity index is 1100. The standard InChI is InChI=1S/C24H29NO6S2/c1-5-12-32-23-14-20(17-8-11-21(30-3)22(13-17)31-4)25(15-19(23)24(26)27)33(28,29)18-9-6-16(2)7-10-18/h5-11,13,19-20,23H,1,12,14-15H2,2-4H3,(H,26,27)/t19-,20+,23-/m1/s1. The van der Waals surface area contributed by atoms with E-state index in [4.69, 9.17) is 9.47 Å². The number of methoxy groups -OCH3 is 2. The van der Waals surface area contributed by atoms with Gasteiger partial charge in [0, 0.05) is 17.5 Å². The molecule has 1 saturated heterocycles. The lowest BCUT2D eigenvalue weighted by molar-refractivity contribution is -0.143. The van der Waals surface area contributed by atoms with Crippen LogP contribution in [0.3, 0.4) is 0 Å². The fourth-order valence-electron chi connectivity index (χ4n) is 4.03. The third kappa shape index (κ3) is 5.37. The highest BCUT2D eigenvalue weighted by Crippen LogP contribution is 2.43. The maximum Gasteiger partial charge on any atom is 0.308 e. The number of carboxylic acid groups (broad SMARTS) is 1. The minimum atomic E-state index is -3.95. The quantitative estimate of drug-likeness (QED) is 0.527. The molecule has 1 N–H and O–H groups in total. The Labute approximate surface area is 199 Å². The van der Waals surface area contributed by atoms with E-state index in [2.05, 4.69) is 6.58 Å². The maximum atomic E-state index is 13.7. The number of carbonyl (C=O) groups is 1. The number of aryl methyl sites for hydroxylation is 1. The van der Waals surface area contributed by atoms with Gasteiger partial charge in [0.25, 0.3) is 0 Å². The predicted molar refractivity (Wildman–Crippen MR) is 130 cm³/mol. The molecule has 178 valence electrons. The van der Waals surface area contributed by atoms with E-state index in [0.29, 0.717) is 23.7 Å². The number of nitrogens with zero attached hydrogens (tertiary/aromatic N) is 1. The van der Waals surface area contributed by atoms with Gasteiger partial charge in [-0.25, -0.2) is 8.42 Å². The molecule has 0 saturated carbocycles. The number of carboxylic acids is 1. The van der Waals surface area contributed by atoms with Crippen molar-refractivity contribution >= 4 is 27.8 Å². The summed E-state index contributed by atoms with van der Waals surface area (Å²) in [5.41, 5.74) is 1.66. The topological polar surface area (TPSA) is 93.1 Å². The fourth-order valence-corrected chi connectivity index (χ4v) is 6.81. The first-order valence-corrected chi connectivity index (χ1v) is 13.0. The van der Waals surface area contributed by atoms with Crippen LogP contribution in [-0.4, -0.2) is 55.6 Å². The molecule has 33 heavy (non-hydrogen) atoms. The number of benzene rings is 2. The Hall–Kier alpha value is -2.49. The van der Waals surface area contributed by atoms with Crippen LogP contribution in [0.5, 0.6) is 11.5 Å². The summed E-state index contributed by atoms with van der Waals surface area (Å²) in [5.74, 6) is -0.250. The number of hydrogen-bond acceptors (Lipinski definition) is 6. The third-order valence-electron chi connectivity index (χ3n) is 5.79. The number of ether oxygens (including phenoxy) is 2. The zero-order valence-electron chi connectivity index (χ0n) is 18.9. The van der Waals surface area contributed by atoms with E-state index in [0.717, 1.165) is 11.1 Å². The van der Waals surface area contributed by atoms with Crippen LogP contribution in [-0.2, 0) is 14.8 Å². The molecule has 3 rings (SSSR count). The molecular formula is C24H29NO6S2. The smallest absolute Gasteiger partial charge is 0.308 e. The number of hydrogen-bond donors (Lipinski definition) is 1. The van der Waals surface area contributed by atoms with Gasteiger partial charge in [-0.3, -0.25) is 4.79 Å². The van der Waals surface area contributed by atoms with Gasteiger partial charge in [-0.1, -0.05) is 29.8 Å². The van der Waals surface area contributed by atoms with Gasteiger partial charge in [0.2, 0.25) is 10.0 Å². The summed E-state index contributed by atoms with van der Waals surface area (Å²) in [6.45, 7) is 5.48. The third-order valence-corrected chi connectivity index (χ3v) is 9.06. The Morgan fingerprint density at radius 2 is 1.85 bits per heavy atom.